The standard InChI is InChI=1S/C27H30N4O5/c1-19(22-10-7-11-24(16-22)29-20(2)32)30(18-21-8-5-4-6-9-21)27(33)23-12-13-25(28-14-15-36-3)26(17-23)31(34)35/h4-13,16-17,19,28H,14-15,18H2,1-3H3,(H,29,32). The van der Waals surface area contributed by atoms with E-state index in [1.54, 1.807) is 30.2 Å². The topological polar surface area (TPSA) is 114 Å². The van der Waals surface area contributed by atoms with Gasteiger partial charge in [0.2, 0.25) is 5.91 Å². The number of hydrogen-bond acceptors (Lipinski definition) is 6. The number of nitro benzene ring substituents is 1. The first-order chi connectivity index (χ1) is 17.3. The molecule has 0 fully saturated rings. The third-order valence-electron chi connectivity index (χ3n) is 5.68. The van der Waals surface area contributed by atoms with Gasteiger partial charge in [-0.2, -0.15) is 0 Å². The van der Waals surface area contributed by atoms with Gasteiger partial charge in [-0.25, -0.2) is 0 Å². The minimum absolute atomic E-state index is 0.183. The number of anilines is 2. The van der Waals surface area contributed by atoms with Gasteiger partial charge in [0, 0.05) is 44.4 Å². The molecule has 0 bridgehead atoms. The summed E-state index contributed by atoms with van der Waals surface area (Å²) in [6, 6.07) is 20.9. The third kappa shape index (κ3) is 6.89. The highest BCUT2D eigenvalue weighted by atomic mass is 16.6. The number of nitrogens with zero attached hydrogens (tertiary/aromatic N) is 2. The Bertz CT molecular complexity index is 1220. The summed E-state index contributed by atoms with van der Waals surface area (Å²) in [5, 5.41) is 17.5. The van der Waals surface area contributed by atoms with Crippen LogP contribution in [0.1, 0.15) is 41.4 Å². The van der Waals surface area contributed by atoms with Crippen molar-refractivity contribution in [2.75, 3.05) is 30.9 Å². The molecule has 3 rings (SSSR count). The largest absolute Gasteiger partial charge is 0.383 e. The number of nitro groups is 1. The molecule has 3 aromatic rings. The Morgan fingerprint density at radius 1 is 1.06 bits per heavy atom. The van der Waals surface area contributed by atoms with Crippen LogP contribution in [0.3, 0.4) is 0 Å². The maximum atomic E-state index is 13.8. The van der Waals surface area contributed by atoms with Crippen molar-refractivity contribution in [3.63, 3.8) is 0 Å². The number of carbonyl (C=O) groups excluding carboxylic acids is 2. The van der Waals surface area contributed by atoms with Crippen LogP contribution >= 0.6 is 0 Å². The van der Waals surface area contributed by atoms with Crippen molar-refractivity contribution in [1.82, 2.24) is 4.90 Å². The molecule has 0 aliphatic rings. The van der Waals surface area contributed by atoms with Crippen LogP contribution in [0.2, 0.25) is 0 Å². The summed E-state index contributed by atoms with van der Waals surface area (Å²) in [4.78, 5) is 38.2. The van der Waals surface area contributed by atoms with Crippen LogP contribution in [0, 0.1) is 10.1 Å². The molecule has 2 N–H and O–H groups in total. The highest BCUT2D eigenvalue weighted by Gasteiger charge is 2.26. The predicted octanol–water partition coefficient (Wildman–Crippen LogP) is 5.02. The fourth-order valence-corrected chi connectivity index (χ4v) is 3.84. The summed E-state index contributed by atoms with van der Waals surface area (Å²) in [5.74, 6) is -0.536. The van der Waals surface area contributed by atoms with Crippen molar-refractivity contribution in [1.29, 1.82) is 0 Å². The van der Waals surface area contributed by atoms with Crippen LogP contribution < -0.4 is 10.6 Å². The Labute approximate surface area is 210 Å². The van der Waals surface area contributed by atoms with Crippen molar-refractivity contribution in [3.05, 3.63) is 99.6 Å². The lowest BCUT2D eigenvalue weighted by molar-refractivity contribution is -0.384. The zero-order valence-corrected chi connectivity index (χ0v) is 20.6. The van der Waals surface area contributed by atoms with Gasteiger partial charge < -0.3 is 20.3 Å². The molecular formula is C27H30N4O5. The molecule has 3 aromatic carbocycles. The second-order valence-corrected chi connectivity index (χ2v) is 8.31. The molecule has 188 valence electrons. The summed E-state index contributed by atoms with van der Waals surface area (Å²) in [7, 11) is 1.55. The summed E-state index contributed by atoms with van der Waals surface area (Å²) >= 11 is 0. The molecule has 2 amide bonds. The Morgan fingerprint density at radius 2 is 1.81 bits per heavy atom. The average molecular weight is 491 g/mol. The van der Waals surface area contributed by atoms with Gasteiger partial charge in [-0.05, 0) is 42.3 Å². The molecule has 36 heavy (non-hydrogen) atoms. The Balaban J connectivity index is 1.97. The van der Waals surface area contributed by atoms with E-state index in [0.29, 0.717) is 31.1 Å². The summed E-state index contributed by atoms with van der Waals surface area (Å²) in [6.45, 7) is 4.40. The van der Waals surface area contributed by atoms with Gasteiger partial charge in [0.25, 0.3) is 11.6 Å². The molecule has 0 aliphatic heterocycles. The van der Waals surface area contributed by atoms with E-state index in [9.17, 15) is 19.7 Å². The smallest absolute Gasteiger partial charge is 0.293 e. The zero-order valence-electron chi connectivity index (χ0n) is 20.6. The van der Waals surface area contributed by atoms with E-state index in [0.717, 1.165) is 11.1 Å². The first-order valence-corrected chi connectivity index (χ1v) is 11.5. The molecular weight excluding hydrogens is 460 g/mol. The van der Waals surface area contributed by atoms with E-state index in [1.165, 1.54) is 13.0 Å². The molecule has 0 saturated heterocycles. The number of carbonyl (C=O) groups is 2. The van der Waals surface area contributed by atoms with Crippen molar-refractivity contribution >= 4 is 28.9 Å². The summed E-state index contributed by atoms with van der Waals surface area (Å²) < 4.78 is 5.00. The van der Waals surface area contributed by atoms with Crippen LogP contribution in [-0.4, -0.2) is 41.9 Å². The van der Waals surface area contributed by atoms with Crippen LogP contribution in [-0.2, 0) is 16.1 Å². The van der Waals surface area contributed by atoms with Gasteiger partial charge in [-0.1, -0.05) is 42.5 Å². The first-order valence-electron chi connectivity index (χ1n) is 11.5. The maximum Gasteiger partial charge on any atom is 0.293 e. The molecule has 1 unspecified atom stereocenters. The number of nitrogens with one attached hydrogen (secondary N) is 2. The molecule has 9 heteroatoms. The third-order valence-corrected chi connectivity index (χ3v) is 5.68. The molecule has 0 radical (unpaired) electrons. The van der Waals surface area contributed by atoms with E-state index in [1.807, 2.05) is 55.5 Å². The molecule has 0 spiro atoms. The van der Waals surface area contributed by atoms with Crippen LogP contribution in [0.5, 0.6) is 0 Å². The van der Waals surface area contributed by atoms with Crippen molar-refractivity contribution in [2.24, 2.45) is 0 Å². The highest BCUT2D eigenvalue weighted by Crippen LogP contribution is 2.30. The second kappa shape index (κ2) is 12.5. The minimum atomic E-state index is -0.506. The van der Waals surface area contributed by atoms with E-state index < -0.39 is 4.92 Å². The van der Waals surface area contributed by atoms with Gasteiger partial charge in [0.05, 0.1) is 17.6 Å². The number of benzene rings is 3. The number of rotatable bonds is 11. The van der Waals surface area contributed by atoms with E-state index in [-0.39, 0.29) is 29.1 Å². The predicted molar refractivity (Wildman–Crippen MR) is 139 cm³/mol. The Morgan fingerprint density at radius 3 is 2.47 bits per heavy atom. The quantitative estimate of drug-likeness (QED) is 0.222. The molecule has 0 saturated carbocycles. The lowest BCUT2D eigenvalue weighted by Gasteiger charge is -2.30. The zero-order chi connectivity index (χ0) is 26.1. The lowest BCUT2D eigenvalue weighted by atomic mass is 10.0. The van der Waals surface area contributed by atoms with Crippen molar-refractivity contribution in [2.45, 2.75) is 26.4 Å². The van der Waals surface area contributed by atoms with E-state index in [2.05, 4.69) is 10.6 Å². The van der Waals surface area contributed by atoms with Gasteiger partial charge in [-0.3, -0.25) is 19.7 Å². The number of ether oxygens (including phenoxy) is 1. The normalized spacial score (nSPS) is 11.4. The van der Waals surface area contributed by atoms with Crippen LogP contribution in [0.25, 0.3) is 0 Å². The minimum Gasteiger partial charge on any atom is -0.383 e. The number of hydrogen-bond donors (Lipinski definition) is 2. The molecule has 1 atom stereocenters. The molecule has 9 nitrogen and oxygen atoms in total. The number of amides is 2. The van der Waals surface area contributed by atoms with Gasteiger partial charge in [-0.15, -0.1) is 0 Å². The van der Waals surface area contributed by atoms with Crippen molar-refractivity contribution in [3.8, 4) is 0 Å². The molecule has 0 heterocycles. The molecule has 0 aliphatic carbocycles. The van der Waals surface area contributed by atoms with E-state index >= 15 is 0 Å². The van der Waals surface area contributed by atoms with E-state index in [4.69, 9.17) is 4.74 Å². The summed E-state index contributed by atoms with van der Waals surface area (Å²) in [5.41, 5.74) is 2.71. The first kappa shape index (κ1) is 26.4. The monoisotopic (exact) mass is 490 g/mol. The highest BCUT2D eigenvalue weighted by molar-refractivity contribution is 5.96. The Hall–Kier alpha value is -4.24. The van der Waals surface area contributed by atoms with Crippen LogP contribution in [0.15, 0.2) is 72.8 Å². The van der Waals surface area contributed by atoms with Gasteiger partial charge in [0.1, 0.15) is 5.69 Å². The fraction of sp³-hybridized carbons (Fsp3) is 0.259. The fourth-order valence-electron chi connectivity index (χ4n) is 3.84. The average Bonchev–Trinajstić information content (AvgIpc) is 2.87. The maximum absolute atomic E-state index is 13.8. The number of methoxy groups -OCH3 is 1. The lowest BCUT2D eigenvalue weighted by Crippen LogP contribution is -2.33. The van der Waals surface area contributed by atoms with Crippen LogP contribution in [0.4, 0.5) is 17.1 Å². The van der Waals surface area contributed by atoms with Crippen molar-refractivity contribution < 1.29 is 19.2 Å². The summed E-state index contributed by atoms with van der Waals surface area (Å²) in [6.07, 6.45) is 0. The molecule has 0 aromatic heterocycles. The van der Waals surface area contributed by atoms with Gasteiger partial charge in [0.15, 0.2) is 0 Å². The second-order valence-electron chi connectivity index (χ2n) is 8.31. The van der Waals surface area contributed by atoms with Gasteiger partial charge >= 0.3 is 0 Å². The SMILES string of the molecule is COCCNc1ccc(C(=O)N(Cc2ccccc2)C(C)c2cccc(NC(C)=O)c2)cc1[N+](=O)[O-]. The Kier molecular flexibility index (Phi) is 9.13.